The monoisotopic (exact) mass is 298 g/mol. The second-order valence-corrected chi connectivity index (χ2v) is 4.78. The summed E-state index contributed by atoms with van der Waals surface area (Å²) in [4.78, 5) is 23.6. The van der Waals surface area contributed by atoms with Crippen molar-refractivity contribution >= 4 is 29.8 Å². The molecule has 0 atom stereocenters. The highest BCUT2D eigenvalue weighted by Gasteiger charge is 2.33. The van der Waals surface area contributed by atoms with Gasteiger partial charge in [-0.1, -0.05) is 26.0 Å². The molecule has 1 aromatic carbocycles. The van der Waals surface area contributed by atoms with Gasteiger partial charge in [0.15, 0.2) is 5.78 Å². The normalized spacial score (nSPS) is 10.6. The molecule has 1 rings (SSSR count). The second kappa shape index (κ2) is 8.02. The number of ketones is 1. The molecular weight excluding hydrogens is 276 g/mol. The topological polar surface area (TPSA) is 72.2 Å². The summed E-state index contributed by atoms with van der Waals surface area (Å²) in [7, 11) is 0. The van der Waals surface area contributed by atoms with Crippen molar-refractivity contribution < 1.29 is 9.59 Å². The molecule has 20 heavy (non-hydrogen) atoms. The average molecular weight is 299 g/mol. The largest absolute Gasteiger partial charge is 0.329 e. The Morgan fingerprint density at radius 3 is 2.30 bits per heavy atom. The number of amides is 1. The molecule has 0 fully saturated rings. The first kappa shape index (κ1) is 18.6. The van der Waals surface area contributed by atoms with Gasteiger partial charge >= 0.3 is 0 Å². The van der Waals surface area contributed by atoms with Gasteiger partial charge in [-0.05, 0) is 31.9 Å². The lowest BCUT2D eigenvalue weighted by atomic mass is 9.81. The summed E-state index contributed by atoms with van der Waals surface area (Å²) < 4.78 is 0. The lowest BCUT2D eigenvalue weighted by molar-refractivity contribution is -0.125. The smallest absolute Gasteiger partial charge is 0.231 e. The van der Waals surface area contributed by atoms with E-state index in [1.165, 1.54) is 6.92 Å². The molecule has 0 heterocycles. The van der Waals surface area contributed by atoms with E-state index in [0.717, 1.165) is 0 Å². The molecule has 4 nitrogen and oxygen atoms in total. The fourth-order valence-corrected chi connectivity index (χ4v) is 2.03. The van der Waals surface area contributed by atoms with Crippen LogP contribution in [0.2, 0.25) is 0 Å². The van der Waals surface area contributed by atoms with Crippen LogP contribution in [0, 0.1) is 5.41 Å². The summed E-state index contributed by atoms with van der Waals surface area (Å²) in [5.74, 6) is -0.104. The van der Waals surface area contributed by atoms with Gasteiger partial charge < -0.3 is 11.1 Å². The highest BCUT2D eigenvalue weighted by atomic mass is 35.5. The molecule has 112 valence electrons. The van der Waals surface area contributed by atoms with E-state index in [1.54, 1.807) is 24.3 Å². The molecule has 0 saturated carbocycles. The average Bonchev–Trinajstić information content (AvgIpc) is 2.41. The molecule has 5 heteroatoms. The van der Waals surface area contributed by atoms with Crippen molar-refractivity contribution in [1.29, 1.82) is 0 Å². The van der Waals surface area contributed by atoms with Gasteiger partial charge in [0.1, 0.15) is 0 Å². The van der Waals surface area contributed by atoms with E-state index in [4.69, 9.17) is 5.73 Å². The maximum absolute atomic E-state index is 12.3. The van der Waals surface area contributed by atoms with Crippen LogP contribution in [0.15, 0.2) is 24.3 Å². The van der Waals surface area contributed by atoms with Crippen LogP contribution in [-0.4, -0.2) is 18.2 Å². The first-order chi connectivity index (χ1) is 8.99. The number of nitrogens with two attached hydrogens (primary N) is 1. The summed E-state index contributed by atoms with van der Waals surface area (Å²) in [5, 5.41) is 2.86. The summed E-state index contributed by atoms with van der Waals surface area (Å²) >= 11 is 0. The van der Waals surface area contributed by atoms with E-state index in [0.29, 0.717) is 30.6 Å². The van der Waals surface area contributed by atoms with Crippen LogP contribution < -0.4 is 11.1 Å². The number of benzene rings is 1. The molecule has 3 N–H and O–H groups in total. The molecule has 0 radical (unpaired) electrons. The Morgan fingerprint density at radius 1 is 1.25 bits per heavy atom. The van der Waals surface area contributed by atoms with E-state index >= 15 is 0 Å². The third kappa shape index (κ3) is 4.05. The van der Waals surface area contributed by atoms with Crippen molar-refractivity contribution in [3.8, 4) is 0 Å². The number of hydrogen-bond acceptors (Lipinski definition) is 3. The van der Waals surface area contributed by atoms with Gasteiger partial charge in [-0.2, -0.15) is 0 Å². The van der Waals surface area contributed by atoms with Crippen LogP contribution in [0.3, 0.4) is 0 Å². The number of hydrogen-bond donors (Lipinski definition) is 2. The third-order valence-corrected chi connectivity index (χ3v) is 3.75. The number of halogens is 1. The lowest BCUT2D eigenvalue weighted by Crippen LogP contribution is -2.41. The van der Waals surface area contributed by atoms with Gasteiger partial charge in [0, 0.05) is 17.8 Å². The van der Waals surface area contributed by atoms with Gasteiger partial charge in [-0.3, -0.25) is 9.59 Å². The SMILES string of the molecule is CCC(CC)(CN)C(=O)Nc1cccc(C(C)=O)c1.Cl. The molecule has 0 aliphatic rings. The minimum Gasteiger partial charge on any atom is -0.329 e. The first-order valence-corrected chi connectivity index (χ1v) is 6.61. The zero-order chi connectivity index (χ0) is 14.5. The van der Waals surface area contributed by atoms with Crippen molar-refractivity contribution in [2.75, 3.05) is 11.9 Å². The van der Waals surface area contributed by atoms with Gasteiger partial charge in [0.05, 0.1) is 5.41 Å². The summed E-state index contributed by atoms with van der Waals surface area (Å²) in [5.41, 5.74) is 6.43. The van der Waals surface area contributed by atoms with Crippen LogP contribution >= 0.6 is 12.4 Å². The second-order valence-electron chi connectivity index (χ2n) is 4.78. The lowest BCUT2D eigenvalue weighted by Gasteiger charge is -2.28. The van der Waals surface area contributed by atoms with Gasteiger partial charge in [-0.25, -0.2) is 0 Å². The van der Waals surface area contributed by atoms with E-state index in [2.05, 4.69) is 5.32 Å². The van der Waals surface area contributed by atoms with Crippen LogP contribution in [0.4, 0.5) is 5.69 Å². The Bertz CT molecular complexity index is 462. The minimum absolute atomic E-state index is 0. The van der Waals surface area contributed by atoms with Crippen LogP contribution in [0.25, 0.3) is 0 Å². The Balaban J connectivity index is 0.00000361. The summed E-state index contributed by atoms with van der Waals surface area (Å²) in [6, 6.07) is 6.95. The minimum atomic E-state index is -0.535. The maximum Gasteiger partial charge on any atom is 0.231 e. The number of carbonyl (C=O) groups is 2. The predicted molar refractivity (Wildman–Crippen MR) is 84.4 cm³/mol. The predicted octanol–water partition coefficient (Wildman–Crippen LogP) is 3.01. The number of carbonyl (C=O) groups excluding carboxylic acids is 2. The molecule has 0 bridgehead atoms. The molecular formula is C15H23ClN2O2. The molecule has 0 unspecified atom stereocenters. The fourth-order valence-electron chi connectivity index (χ4n) is 2.03. The molecule has 0 saturated heterocycles. The van der Waals surface area contributed by atoms with Crippen molar-refractivity contribution in [3.63, 3.8) is 0 Å². The molecule has 1 amide bonds. The Hall–Kier alpha value is -1.39. The molecule has 1 aromatic rings. The number of nitrogens with one attached hydrogen (secondary N) is 1. The van der Waals surface area contributed by atoms with Gasteiger partial charge in [0.2, 0.25) is 5.91 Å². The van der Waals surface area contributed by atoms with E-state index in [-0.39, 0.29) is 24.1 Å². The van der Waals surface area contributed by atoms with E-state index in [9.17, 15) is 9.59 Å². The number of Topliss-reactive ketones (excluding diaryl/α,β-unsaturated/α-hetero) is 1. The molecule has 0 aliphatic heterocycles. The summed E-state index contributed by atoms with van der Waals surface area (Å²) in [6.07, 6.45) is 1.39. The third-order valence-electron chi connectivity index (χ3n) is 3.75. The Labute approximate surface area is 126 Å². The van der Waals surface area contributed by atoms with Crippen molar-refractivity contribution in [2.24, 2.45) is 11.1 Å². The van der Waals surface area contributed by atoms with Crippen LogP contribution in [0.5, 0.6) is 0 Å². The van der Waals surface area contributed by atoms with Crippen molar-refractivity contribution in [1.82, 2.24) is 0 Å². The maximum atomic E-state index is 12.3. The molecule has 0 aromatic heterocycles. The van der Waals surface area contributed by atoms with Gasteiger partial charge in [-0.15, -0.1) is 12.4 Å². The standard InChI is InChI=1S/C15H22N2O2.ClH/c1-4-15(5-2,10-16)14(19)17-13-8-6-7-12(9-13)11(3)18;/h6-9H,4-5,10,16H2,1-3H3,(H,17,19);1H. The Morgan fingerprint density at radius 2 is 1.85 bits per heavy atom. The number of rotatable bonds is 6. The first-order valence-electron chi connectivity index (χ1n) is 6.61. The molecule has 0 aliphatic carbocycles. The molecule has 0 spiro atoms. The number of anilines is 1. The summed E-state index contributed by atoms with van der Waals surface area (Å²) in [6.45, 7) is 5.74. The van der Waals surface area contributed by atoms with Crippen molar-refractivity contribution in [2.45, 2.75) is 33.6 Å². The van der Waals surface area contributed by atoms with E-state index < -0.39 is 5.41 Å². The zero-order valence-corrected chi connectivity index (χ0v) is 13.0. The quantitative estimate of drug-likeness (QED) is 0.793. The van der Waals surface area contributed by atoms with Crippen molar-refractivity contribution in [3.05, 3.63) is 29.8 Å². The fraction of sp³-hybridized carbons (Fsp3) is 0.467. The van der Waals surface area contributed by atoms with E-state index in [1.807, 2.05) is 13.8 Å². The van der Waals surface area contributed by atoms with Gasteiger partial charge in [0.25, 0.3) is 0 Å². The highest BCUT2D eigenvalue weighted by molar-refractivity contribution is 5.98. The Kier molecular flexibility index (Phi) is 7.46. The van der Waals surface area contributed by atoms with Crippen LogP contribution in [0.1, 0.15) is 44.0 Å². The van der Waals surface area contributed by atoms with Crippen LogP contribution in [-0.2, 0) is 4.79 Å². The highest BCUT2D eigenvalue weighted by Crippen LogP contribution is 2.27. The zero-order valence-electron chi connectivity index (χ0n) is 12.2.